The molecule has 24 heavy (non-hydrogen) atoms. The van der Waals surface area contributed by atoms with Crippen LogP contribution < -0.4 is 5.56 Å². The zero-order valence-corrected chi connectivity index (χ0v) is 14.4. The van der Waals surface area contributed by atoms with Gasteiger partial charge >= 0.3 is 0 Å². The third-order valence-corrected chi connectivity index (χ3v) is 4.85. The van der Waals surface area contributed by atoms with E-state index in [0.717, 1.165) is 68.7 Å². The lowest BCUT2D eigenvalue weighted by atomic mass is 10.1. The summed E-state index contributed by atoms with van der Waals surface area (Å²) >= 11 is 0. The Labute approximate surface area is 143 Å². The molecule has 1 aliphatic rings. The first kappa shape index (κ1) is 16.9. The smallest absolute Gasteiger partial charge is 0.251 e. The topological polar surface area (TPSA) is 51.7 Å². The van der Waals surface area contributed by atoms with Crippen LogP contribution in [0, 0.1) is 0 Å². The van der Waals surface area contributed by atoms with E-state index < -0.39 is 0 Å². The van der Waals surface area contributed by atoms with E-state index in [0.29, 0.717) is 0 Å². The predicted molar refractivity (Wildman–Crippen MR) is 100 cm³/mol. The van der Waals surface area contributed by atoms with Crippen molar-refractivity contribution in [2.45, 2.75) is 19.8 Å². The number of aromatic amines is 1. The van der Waals surface area contributed by atoms with Crippen molar-refractivity contribution in [3.8, 4) is 0 Å². The lowest BCUT2D eigenvalue weighted by molar-refractivity contribution is 0.137. The number of hydrogen-bond donors (Lipinski definition) is 1. The van der Waals surface area contributed by atoms with Gasteiger partial charge in [0.15, 0.2) is 0 Å². The van der Waals surface area contributed by atoms with Gasteiger partial charge in [-0.3, -0.25) is 14.7 Å². The molecule has 1 N–H and O–H groups in total. The molecule has 2 aromatic rings. The van der Waals surface area contributed by atoms with E-state index in [4.69, 9.17) is 0 Å². The summed E-state index contributed by atoms with van der Waals surface area (Å²) in [5.74, 6) is 0. The predicted octanol–water partition coefficient (Wildman–Crippen LogP) is 1.91. The molecule has 128 valence electrons. The number of aliphatic imine (C=N–C) groups is 1. The Morgan fingerprint density at radius 2 is 1.92 bits per heavy atom. The molecule has 1 saturated heterocycles. The first-order valence-corrected chi connectivity index (χ1v) is 8.71. The molecule has 1 aromatic carbocycles. The zero-order chi connectivity index (χ0) is 16.9. The third kappa shape index (κ3) is 3.91. The van der Waals surface area contributed by atoms with E-state index in [1.807, 2.05) is 13.0 Å². The number of piperazine rings is 1. The molecule has 1 aliphatic heterocycles. The van der Waals surface area contributed by atoms with Gasteiger partial charge < -0.3 is 9.88 Å². The third-order valence-electron chi connectivity index (χ3n) is 4.85. The lowest BCUT2D eigenvalue weighted by Gasteiger charge is -2.33. The summed E-state index contributed by atoms with van der Waals surface area (Å²) in [5, 5.41) is 1.11. The summed E-state index contributed by atoms with van der Waals surface area (Å²) in [6, 6.07) is 8.42. The van der Waals surface area contributed by atoms with Crippen LogP contribution in [0.25, 0.3) is 10.9 Å². The number of pyridine rings is 1. The second-order valence-electron chi connectivity index (χ2n) is 6.47. The maximum atomic E-state index is 12.0. The maximum absolute atomic E-state index is 12.0. The van der Waals surface area contributed by atoms with Gasteiger partial charge in [0.1, 0.15) is 0 Å². The second kappa shape index (κ2) is 7.73. The van der Waals surface area contributed by atoms with Crippen LogP contribution in [0.3, 0.4) is 0 Å². The number of nitrogens with zero attached hydrogens (tertiary/aromatic N) is 3. The molecule has 5 heteroatoms. The van der Waals surface area contributed by atoms with Crippen LogP contribution >= 0.6 is 0 Å². The molecular weight excluding hydrogens is 300 g/mol. The van der Waals surface area contributed by atoms with Crippen LogP contribution in [-0.4, -0.2) is 60.9 Å². The minimum absolute atomic E-state index is 0.0362. The Kier molecular flexibility index (Phi) is 5.43. The Morgan fingerprint density at radius 3 is 2.62 bits per heavy atom. The van der Waals surface area contributed by atoms with Crippen molar-refractivity contribution in [3.05, 3.63) is 45.7 Å². The average molecular weight is 326 g/mol. The largest absolute Gasteiger partial charge is 0.322 e. The van der Waals surface area contributed by atoms with Gasteiger partial charge in [0.2, 0.25) is 0 Å². The molecule has 2 heterocycles. The van der Waals surface area contributed by atoms with Crippen LogP contribution in [0.1, 0.15) is 18.1 Å². The monoisotopic (exact) mass is 326 g/mol. The van der Waals surface area contributed by atoms with Crippen molar-refractivity contribution in [1.82, 2.24) is 14.8 Å². The molecular formula is C19H26N4O. The Hall–Kier alpha value is -1.98. The molecule has 0 atom stereocenters. The van der Waals surface area contributed by atoms with E-state index in [1.165, 1.54) is 5.56 Å². The van der Waals surface area contributed by atoms with E-state index in [-0.39, 0.29) is 5.56 Å². The van der Waals surface area contributed by atoms with Crippen LogP contribution in [-0.2, 0) is 12.8 Å². The van der Waals surface area contributed by atoms with Crippen LogP contribution in [0.2, 0.25) is 0 Å². The number of aromatic nitrogens is 1. The number of aryl methyl sites for hydroxylation is 1. The van der Waals surface area contributed by atoms with Gasteiger partial charge in [0.25, 0.3) is 5.56 Å². The molecule has 1 fully saturated rings. The normalized spacial score (nSPS) is 16.5. The summed E-state index contributed by atoms with van der Waals surface area (Å²) in [7, 11) is 0. The average Bonchev–Trinajstić information content (AvgIpc) is 2.60. The van der Waals surface area contributed by atoms with Gasteiger partial charge in [-0.2, -0.15) is 0 Å². The van der Waals surface area contributed by atoms with Crippen molar-refractivity contribution >= 4 is 17.6 Å². The Morgan fingerprint density at radius 1 is 1.17 bits per heavy atom. The highest BCUT2D eigenvalue weighted by Gasteiger charge is 2.15. The molecule has 0 radical (unpaired) electrons. The first-order valence-electron chi connectivity index (χ1n) is 8.71. The number of rotatable bonds is 6. The molecule has 0 bridgehead atoms. The van der Waals surface area contributed by atoms with Crippen molar-refractivity contribution in [3.63, 3.8) is 0 Å². The van der Waals surface area contributed by atoms with Gasteiger partial charge in [-0.05, 0) is 42.6 Å². The van der Waals surface area contributed by atoms with Crippen molar-refractivity contribution in [2.24, 2.45) is 4.99 Å². The minimum atomic E-state index is 0.0362. The highest BCUT2D eigenvalue weighted by molar-refractivity contribution is 5.79. The molecule has 0 spiro atoms. The van der Waals surface area contributed by atoms with E-state index in [9.17, 15) is 4.79 Å². The minimum Gasteiger partial charge on any atom is -0.322 e. The molecule has 3 rings (SSSR count). The van der Waals surface area contributed by atoms with E-state index in [2.05, 4.69) is 44.7 Å². The molecule has 0 amide bonds. The zero-order valence-electron chi connectivity index (χ0n) is 14.4. The fourth-order valence-corrected chi connectivity index (χ4v) is 3.29. The summed E-state index contributed by atoms with van der Waals surface area (Å²) in [5.41, 5.74) is 3.10. The van der Waals surface area contributed by atoms with Crippen LogP contribution in [0.4, 0.5) is 0 Å². The van der Waals surface area contributed by atoms with Gasteiger partial charge in [-0.15, -0.1) is 0 Å². The summed E-state index contributed by atoms with van der Waals surface area (Å²) in [6.07, 6.45) is 1.77. The summed E-state index contributed by atoms with van der Waals surface area (Å²) in [4.78, 5) is 23.8. The van der Waals surface area contributed by atoms with Gasteiger partial charge in [-0.1, -0.05) is 19.1 Å². The van der Waals surface area contributed by atoms with E-state index in [1.54, 1.807) is 0 Å². The number of benzene rings is 1. The molecule has 0 aliphatic carbocycles. The Balaban J connectivity index is 1.62. The number of nitrogens with one attached hydrogen (secondary N) is 1. The number of hydrogen-bond acceptors (Lipinski definition) is 4. The van der Waals surface area contributed by atoms with Gasteiger partial charge in [-0.25, -0.2) is 0 Å². The van der Waals surface area contributed by atoms with Crippen molar-refractivity contribution in [1.29, 1.82) is 0 Å². The van der Waals surface area contributed by atoms with Crippen molar-refractivity contribution < 1.29 is 0 Å². The Bertz CT molecular complexity index is 760. The maximum Gasteiger partial charge on any atom is 0.251 e. The van der Waals surface area contributed by atoms with Crippen LogP contribution in [0.5, 0.6) is 0 Å². The molecule has 5 nitrogen and oxygen atoms in total. The standard InChI is InChI=1S/C19H26N4O/c1-3-16-13-17-5-4-15(12-18(17)21-19(16)24)6-7-22-8-10-23(11-9-22)14-20-2/h4-5,12-13H,2-3,6-11,14H2,1H3,(H,21,24). The second-order valence-corrected chi connectivity index (χ2v) is 6.47. The number of H-pyrrole nitrogens is 1. The van der Waals surface area contributed by atoms with Crippen molar-refractivity contribution in [2.75, 3.05) is 39.4 Å². The van der Waals surface area contributed by atoms with Gasteiger partial charge in [0, 0.05) is 43.8 Å². The summed E-state index contributed by atoms with van der Waals surface area (Å²) < 4.78 is 0. The highest BCUT2D eigenvalue weighted by atomic mass is 16.1. The lowest BCUT2D eigenvalue weighted by Crippen LogP contribution is -2.46. The highest BCUT2D eigenvalue weighted by Crippen LogP contribution is 2.15. The van der Waals surface area contributed by atoms with Crippen LogP contribution in [0.15, 0.2) is 34.1 Å². The molecule has 1 aromatic heterocycles. The number of fused-ring (bicyclic) bond motifs is 1. The first-order chi connectivity index (χ1) is 11.7. The molecule has 0 saturated carbocycles. The fourth-order valence-electron chi connectivity index (χ4n) is 3.29. The summed E-state index contributed by atoms with van der Waals surface area (Å²) in [6.45, 7) is 11.7. The molecule has 0 unspecified atom stereocenters. The van der Waals surface area contributed by atoms with Gasteiger partial charge in [0.05, 0.1) is 6.67 Å². The van der Waals surface area contributed by atoms with E-state index >= 15 is 0 Å². The quantitative estimate of drug-likeness (QED) is 0.825. The fraction of sp³-hybridized carbons (Fsp3) is 0.474. The SMILES string of the molecule is C=NCN1CCN(CCc2ccc3cc(CC)c(=O)[nH]c3c2)CC1.